The fourth-order valence-electron chi connectivity index (χ4n) is 3.47. The Balaban J connectivity index is 1.99. The minimum Gasteiger partial charge on any atom is -0.491 e. The van der Waals surface area contributed by atoms with Gasteiger partial charge in [0.05, 0.1) is 16.8 Å². The number of rotatable bonds is 9. The molecule has 1 aliphatic rings. The van der Waals surface area contributed by atoms with Crippen LogP contribution >= 0.6 is 11.6 Å². The van der Waals surface area contributed by atoms with Crippen molar-refractivity contribution in [3.8, 4) is 0 Å². The van der Waals surface area contributed by atoms with Gasteiger partial charge in [0.1, 0.15) is 5.76 Å². The number of ether oxygens (including phenoxy) is 1. The fraction of sp³-hybridized carbons (Fsp3) is 0.500. The molecule has 0 spiro atoms. The van der Waals surface area contributed by atoms with Crippen LogP contribution in [0.4, 0.5) is 5.69 Å². The zero-order valence-corrected chi connectivity index (χ0v) is 18.4. The van der Waals surface area contributed by atoms with Gasteiger partial charge in [-0.2, -0.15) is 0 Å². The Kier molecular flexibility index (Phi) is 9.66. The Morgan fingerprint density at radius 1 is 1.32 bits per heavy atom. The van der Waals surface area contributed by atoms with Crippen molar-refractivity contribution in [3.05, 3.63) is 64.4 Å². The first-order chi connectivity index (χ1) is 13.5. The quantitative estimate of drug-likeness (QED) is 0.389. The maximum atomic E-state index is 6.52. The number of fused-ring (bicyclic) bond motifs is 1. The predicted molar refractivity (Wildman–Crippen MR) is 122 cm³/mol. The number of allylic oxidation sites excluding steroid dienone is 2. The summed E-state index contributed by atoms with van der Waals surface area (Å²) in [6, 6.07) is 4.17. The highest BCUT2D eigenvalue weighted by molar-refractivity contribution is 6.33. The van der Waals surface area contributed by atoms with E-state index in [4.69, 9.17) is 16.3 Å². The number of halogens is 1. The van der Waals surface area contributed by atoms with Gasteiger partial charge in [-0.3, -0.25) is 0 Å². The molecule has 0 bridgehead atoms. The maximum Gasteiger partial charge on any atom is 0.115 e. The van der Waals surface area contributed by atoms with Gasteiger partial charge >= 0.3 is 0 Å². The lowest BCUT2D eigenvalue weighted by Crippen LogP contribution is -2.22. The van der Waals surface area contributed by atoms with Crippen LogP contribution in [0.5, 0.6) is 0 Å². The molecule has 28 heavy (non-hydrogen) atoms. The number of anilines is 1. The normalized spacial score (nSPS) is 16.2. The molecule has 0 saturated heterocycles. The van der Waals surface area contributed by atoms with Crippen LogP contribution in [-0.2, 0) is 17.6 Å². The minimum atomic E-state index is 0.226. The molecule has 2 rings (SSSR count). The Hall–Kier alpha value is -1.71. The van der Waals surface area contributed by atoms with Crippen LogP contribution in [0.25, 0.3) is 0 Å². The van der Waals surface area contributed by atoms with E-state index in [9.17, 15) is 0 Å². The molecule has 0 saturated carbocycles. The van der Waals surface area contributed by atoms with Crippen molar-refractivity contribution in [3.63, 3.8) is 0 Å². The Bertz CT molecular complexity index is 709. The second-order valence-corrected chi connectivity index (χ2v) is 7.82. The first-order valence-corrected chi connectivity index (χ1v) is 10.9. The van der Waals surface area contributed by atoms with Crippen molar-refractivity contribution in [1.29, 1.82) is 0 Å². The molecular weight excluding hydrogens is 368 g/mol. The van der Waals surface area contributed by atoms with Gasteiger partial charge in [0, 0.05) is 6.54 Å². The van der Waals surface area contributed by atoms with E-state index in [1.165, 1.54) is 11.1 Å². The second kappa shape index (κ2) is 12.0. The van der Waals surface area contributed by atoms with Crippen LogP contribution in [0.3, 0.4) is 0 Å². The summed E-state index contributed by atoms with van der Waals surface area (Å²) >= 11 is 6.52. The zero-order chi connectivity index (χ0) is 20.4. The zero-order valence-electron chi connectivity index (χ0n) is 17.6. The number of hydrogen-bond donors (Lipinski definition) is 2. The third-order valence-corrected chi connectivity index (χ3v) is 5.32. The molecule has 2 N–H and O–H groups in total. The number of benzene rings is 1. The lowest BCUT2D eigenvalue weighted by molar-refractivity contribution is 0.132. The van der Waals surface area contributed by atoms with E-state index in [0.29, 0.717) is 6.54 Å². The van der Waals surface area contributed by atoms with E-state index >= 15 is 0 Å². The van der Waals surface area contributed by atoms with E-state index in [0.717, 1.165) is 67.2 Å². The van der Waals surface area contributed by atoms with E-state index in [1.807, 2.05) is 31.2 Å². The van der Waals surface area contributed by atoms with Crippen LogP contribution < -0.4 is 10.6 Å². The van der Waals surface area contributed by atoms with Crippen molar-refractivity contribution in [2.45, 2.75) is 59.0 Å². The molecule has 1 atom stereocenters. The van der Waals surface area contributed by atoms with E-state index in [2.05, 4.69) is 37.1 Å². The first-order valence-electron chi connectivity index (χ1n) is 10.5. The monoisotopic (exact) mass is 402 g/mol. The highest BCUT2D eigenvalue weighted by Gasteiger charge is 2.14. The molecule has 0 aromatic heterocycles. The SMILES string of the molecule is C=C(/C=C\C(=C/C)OC(C)CCC)CNc1c(Cl)ccc2c1CCCNCC2. The summed E-state index contributed by atoms with van der Waals surface area (Å²) in [6.45, 7) is 13.2. The van der Waals surface area contributed by atoms with Gasteiger partial charge in [0.2, 0.25) is 0 Å². The van der Waals surface area contributed by atoms with Crippen LogP contribution in [0.15, 0.2) is 48.3 Å². The number of hydrogen-bond acceptors (Lipinski definition) is 3. The van der Waals surface area contributed by atoms with Crippen molar-refractivity contribution >= 4 is 17.3 Å². The summed E-state index contributed by atoms with van der Waals surface area (Å²) in [5, 5.41) is 7.79. The van der Waals surface area contributed by atoms with Gasteiger partial charge in [-0.05, 0) is 87.5 Å². The van der Waals surface area contributed by atoms with E-state index < -0.39 is 0 Å². The predicted octanol–water partition coefficient (Wildman–Crippen LogP) is 6.05. The van der Waals surface area contributed by atoms with Gasteiger partial charge in [-0.25, -0.2) is 0 Å². The molecule has 0 aliphatic carbocycles. The van der Waals surface area contributed by atoms with E-state index in [-0.39, 0.29) is 6.10 Å². The summed E-state index contributed by atoms with van der Waals surface area (Å²) < 4.78 is 5.96. The van der Waals surface area contributed by atoms with Crippen molar-refractivity contribution in [2.24, 2.45) is 0 Å². The Morgan fingerprint density at radius 3 is 2.89 bits per heavy atom. The van der Waals surface area contributed by atoms with E-state index in [1.54, 1.807) is 0 Å². The molecule has 3 nitrogen and oxygen atoms in total. The van der Waals surface area contributed by atoms with Crippen LogP contribution in [-0.4, -0.2) is 25.7 Å². The smallest absolute Gasteiger partial charge is 0.115 e. The van der Waals surface area contributed by atoms with Gasteiger partial charge in [-0.15, -0.1) is 0 Å². The molecule has 1 aromatic rings. The van der Waals surface area contributed by atoms with Crippen molar-refractivity contribution in [2.75, 3.05) is 25.0 Å². The first kappa shape index (κ1) is 22.6. The fourth-order valence-corrected chi connectivity index (χ4v) is 3.72. The number of nitrogens with one attached hydrogen (secondary N) is 2. The lowest BCUT2D eigenvalue weighted by Gasteiger charge is -2.20. The third-order valence-electron chi connectivity index (χ3n) is 5.00. The molecule has 1 unspecified atom stereocenters. The summed E-state index contributed by atoms with van der Waals surface area (Å²) in [4.78, 5) is 0. The lowest BCUT2D eigenvalue weighted by atomic mass is 9.96. The van der Waals surface area contributed by atoms with Crippen LogP contribution in [0.2, 0.25) is 5.02 Å². The second-order valence-electron chi connectivity index (χ2n) is 7.42. The molecule has 0 amide bonds. The summed E-state index contributed by atoms with van der Waals surface area (Å²) in [7, 11) is 0. The average Bonchev–Trinajstić information content (AvgIpc) is 2.65. The molecule has 1 aliphatic heterocycles. The molecular formula is C24H35ClN2O. The van der Waals surface area contributed by atoms with Gasteiger partial charge in [-0.1, -0.05) is 43.7 Å². The average molecular weight is 403 g/mol. The van der Waals surface area contributed by atoms with Crippen LogP contribution in [0.1, 0.15) is 51.2 Å². The Morgan fingerprint density at radius 2 is 2.14 bits per heavy atom. The van der Waals surface area contributed by atoms with Crippen molar-refractivity contribution in [1.82, 2.24) is 5.32 Å². The molecule has 1 aromatic carbocycles. The minimum absolute atomic E-state index is 0.226. The summed E-state index contributed by atoms with van der Waals surface area (Å²) in [5.74, 6) is 0.887. The summed E-state index contributed by atoms with van der Waals surface area (Å²) in [5.41, 5.74) is 4.80. The van der Waals surface area contributed by atoms with Crippen LogP contribution in [0, 0.1) is 0 Å². The molecule has 0 fully saturated rings. The highest BCUT2D eigenvalue weighted by Crippen LogP contribution is 2.31. The highest BCUT2D eigenvalue weighted by atomic mass is 35.5. The standard InChI is InChI=1S/C24H35ClN2O/c1-5-8-19(4)28-21(6-2)12-10-18(3)17-27-24-22-9-7-15-26-16-14-20(22)11-13-23(24)25/h6,10-13,19,26-27H,3,5,7-9,14-17H2,1-2,4H3/b12-10-,21-6+. The third kappa shape index (κ3) is 7.03. The molecule has 1 heterocycles. The van der Waals surface area contributed by atoms with Gasteiger partial charge in [0.15, 0.2) is 0 Å². The summed E-state index contributed by atoms with van der Waals surface area (Å²) in [6.07, 6.45) is 11.6. The maximum absolute atomic E-state index is 6.52. The molecule has 4 heteroatoms. The molecule has 154 valence electrons. The topological polar surface area (TPSA) is 33.3 Å². The van der Waals surface area contributed by atoms with Gasteiger partial charge < -0.3 is 15.4 Å². The van der Waals surface area contributed by atoms with Gasteiger partial charge in [0.25, 0.3) is 0 Å². The molecule has 0 radical (unpaired) electrons. The largest absolute Gasteiger partial charge is 0.491 e. The Labute approximate surface area is 175 Å². The van der Waals surface area contributed by atoms with Crippen molar-refractivity contribution < 1.29 is 4.74 Å².